The molecule has 0 aliphatic carbocycles. The van der Waals surface area contributed by atoms with Crippen LogP contribution in [0.15, 0.2) is 58.3 Å². The summed E-state index contributed by atoms with van der Waals surface area (Å²) in [6.07, 6.45) is 1.46. The number of hydrogen-bond donors (Lipinski definition) is 1. The summed E-state index contributed by atoms with van der Waals surface area (Å²) in [5.74, 6) is 1.26. The Morgan fingerprint density at radius 2 is 2.05 bits per heavy atom. The zero-order chi connectivity index (χ0) is 15.4. The largest absolute Gasteiger partial charge is 0.459 e. The van der Waals surface area contributed by atoms with Crippen LogP contribution >= 0.6 is 11.8 Å². The standard InChI is InChI=1S/C15H14N4O2S/c1-11-16-17-15(22-10-12-6-3-2-4-7-12)19(11)18-14(20)13-8-5-9-21-13/h2-9H,10H2,1H3,(H,18,20). The minimum Gasteiger partial charge on any atom is -0.459 e. The molecule has 3 rings (SSSR count). The van der Waals surface area contributed by atoms with Crippen LogP contribution in [0.5, 0.6) is 0 Å². The Kier molecular flexibility index (Phi) is 4.24. The van der Waals surface area contributed by atoms with Gasteiger partial charge in [-0.25, -0.2) is 4.68 Å². The van der Waals surface area contributed by atoms with Gasteiger partial charge >= 0.3 is 5.91 Å². The van der Waals surface area contributed by atoms with Crippen LogP contribution in [0.1, 0.15) is 21.9 Å². The first-order chi connectivity index (χ1) is 10.7. The maximum absolute atomic E-state index is 12.1. The van der Waals surface area contributed by atoms with Crippen molar-refractivity contribution in [3.8, 4) is 0 Å². The molecule has 1 N–H and O–H groups in total. The maximum atomic E-state index is 12.1. The number of carbonyl (C=O) groups is 1. The van der Waals surface area contributed by atoms with Crippen LogP contribution in [-0.4, -0.2) is 20.8 Å². The molecule has 0 spiro atoms. The van der Waals surface area contributed by atoms with Gasteiger partial charge in [0, 0.05) is 5.75 Å². The van der Waals surface area contributed by atoms with Gasteiger partial charge < -0.3 is 4.42 Å². The average molecular weight is 314 g/mol. The Bertz CT molecular complexity index is 753. The summed E-state index contributed by atoms with van der Waals surface area (Å²) >= 11 is 1.50. The molecule has 0 radical (unpaired) electrons. The third-order valence-corrected chi connectivity index (χ3v) is 3.96. The number of aromatic nitrogens is 3. The fourth-order valence-electron chi connectivity index (χ4n) is 1.85. The predicted molar refractivity (Wildman–Crippen MR) is 83.2 cm³/mol. The highest BCUT2D eigenvalue weighted by Crippen LogP contribution is 2.21. The molecule has 3 aromatic rings. The van der Waals surface area contributed by atoms with E-state index >= 15 is 0 Å². The van der Waals surface area contributed by atoms with Crippen molar-refractivity contribution >= 4 is 17.7 Å². The van der Waals surface area contributed by atoms with E-state index in [4.69, 9.17) is 4.42 Å². The van der Waals surface area contributed by atoms with E-state index in [9.17, 15) is 4.79 Å². The molecule has 0 aliphatic rings. The zero-order valence-corrected chi connectivity index (χ0v) is 12.7. The molecular formula is C15H14N4O2S. The molecule has 0 saturated carbocycles. The average Bonchev–Trinajstić information content (AvgIpc) is 3.18. The van der Waals surface area contributed by atoms with Crippen LogP contribution in [-0.2, 0) is 5.75 Å². The summed E-state index contributed by atoms with van der Waals surface area (Å²) in [4.78, 5) is 12.1. The second-order valence-electron chi connectivity index (χ2n) is 4.56. The molecule has 1 amide bonds. The normalized spacial score (nSPS) is 10.6. The second kappa shape index (κ2) is 6.48. The SMILES string of the molecule is Cc1nnc(SCc2ccccc2)n1NC(=O)c1ccco1. The molecule has 0 unspecified atom stereocenters. The van der Waals surface area contributed by atoms with Crippen molar-refractivity contribution in [1.82, 2.24) is 14.9 Å². The molecule has 2 aromatic heterocycles. The van der Waals surface area contributed by atoms with Gasteiger partial charge in [0.2, 0.25) is 5.16 Å². The van der Waals surface area contributed by atoms with Crippen molar-refractivity contribution in [2.75, 3.05) is 5.43 Å². The van der Waals surface area contributed by atoms with Gasteiger partial charge in [-0.15, -0.1) is 10.2 Å². The van der Waals surface area contributed by atoms with Crippen LogP contribution in [0.4, 0.5) is 0 Å². The van der Waals surface area contributed by atoms with Crippen LogP contribution in [0, 0.1) is 6.92 Å². The summed E-state index contributed by atoms with van der Waals surface area (Å²) in [6.45, 7) is 1.78. The lowest BCUT2D eigenvalue weighted by Crippen LogP contribution is -2.24. The first kappa shape index (κ1) is 14.4. The summed E-state index contributed by atoms with van der Waals surface area (Å²) in [6, 6.07) is 13.3. The van der Waals surface area contributed by atoms with Gasteiger partial charge in [0.1, 0.15) is 5.82 Å². The number of nitrogens with one attached hydrogen (secondary N) is 1. The fraction of sp³-hybridized carbons (Fsp3) is 0.133. The van der Waals surface area contributed by atoms with Crippen molar-refractivity contribution < 1.29 is 9.21 Å². The fourth-order valence-corrected chi connectivity index (χ4v) is 2.75. The minimum atomic E-state index is -0.338. The number of carbonyl (C=O) groups excluding carboxylic acids is 1. The molecule has 0 aliphatic heterocycles. The molecule has 0 bridgehead atoms. The molecule has 112 valence electrons. The smallest absolute Gasteiger partial charge is 0.305 e. The number of amides is 1. The molecular weight excluding hydrogens is 300 g/mol. The molecule has 2 heterocycles. The van der Waals surface area contributed by atoms with E-state index in [1.807, 2.05) is 30.3 Å². The van der Waals surface area contributed by atoms with Gasteiger partial charge in [-0.05, 0) is 24.6 Å². The van der Waals surface area contributed by atoms with E-state index in [1.54, 1.807) is 23.7 Å². The molecule has 0 fully saturated rings. The highest BCUT2D eigenvalue weighted by Gasteiger charge is 2.15. The van der Waals surface area contributed by atoms with Crippen LogP contribution in [0.3, 0.4) is 0 Å². The van der Waals surface area contributed by atoms with E-state index in [-0.39, 0.29) is 11.7 Å². The van der Waals surface area contributed by atoms with E-state index in [0.29, 0.717) is 11.0 Å². The lowest BCUT2D eigenvalue weighted by atomic mass is 10.2. The number of aryl methyl sites for hydroxylation is 1. The highest BCUT2D eigenvalue weighted by molar-refractivity contribution is 7.98. The van der Waals surface area contributed by atoms with E-state index in [2.05, 4.69) is 15.6 Å². The first-order valence-electron chi connectivity index (χ1n) is 6.67. The van der Waals surface area contributed by atoms with Crippen molar-refractivity contribution in [1.29, 1.82) is 0 Å². The Morgan fingerprint density at radius 3 is 2.77 bits per heavy atom. The van der Waals surface area contributed by atoms with Crippen molar-refractivity contribution in [2.45, 2.75) is 17.8 Å². The van der Waals surface area contributed by atoms with Crippen molar-refractivity contribution in [3.05, 3.63) is 65.9 Å². The summed E-state index contributed by atoms with van der Waals surface area (Å²) in [5.41, 5.74) is 3.91. The highest BCUT2D eigenvalue weighted by atomic mass is 32.2. The third kappa shape index (κ3) is 3.20. The predicted octanol–water partition coefficient (Wildman–Crippen LogP) is 2.86. The summed E-state index contributed by atoms with van der Waals surface area (Å²) in [5, 5.41) is 8.73. The van der Waals surface area contributed by atoms with E-state index in [0.717, 1.165) is 5.75 Å². The monoisotopic (exact) mass is 314 g/mol. The van der Waals surface area contributed by atoms with E-state index < -0.39 is 0 Å². The number of rotatable bonds is 5. The molecule has 6 nitrogen and oxygen atoms in total. The molecule has 7 heteroatoms. The minimum absolute atomic E-state index is 0.243. The van der Waals surface area contributed by atoms with Crippen LogP contribution < -0.4 is 5.43 Å². The zero-order valence-electron chi connectivity index (χ0n) is 11.9. The Morgan fingerprint density at radius 1 is 1.23 bits per heavy atom. The molecule has 0 atom stereocenters. The summed E-state index contributed by atoms with van der Waals surface area (Å²) in [7, 11) is 0. The van der Waals surface area contributed by atoms with Crippen molar-refractivity contribution in [2.24, 2.45) is 0 Å². The number of nitrogens with zero attached hydrogens (tertiary/aromatic N) is 3. The van der Waals surface area contributed by atoms with Gasteiger partial charge in [0.15, 0.2) is 5.76 Å². The quantitative estimate of drug-likeness (QED) is 0.733. The van der Waals surface area contributed by atoms with Crippen LogP contribution in [0.25, 0.3) is 0 Å². The number of furan rings is 1. The van der Waals surface area contributed by atoms with Crippen LogP contribution in [0.2, 0.25) is 0 Å². The molecule has 0 saturated heterocycles. The molecule has 1 aromatic carbocycles. The molecule has 22 heavy (non-hydrogen) atoms. The van der Waals surface area contributed by atoms with Gasteiger partial charge in [0.25, 0.3) is 0 Å². The van der Waals surface area contributed by atoms with Gasteiger partial charge in [-0.2, -0.15) is 0 Å². The summed E-state index contributed by atoms with van der Waals surface area (Å²) < 4.78 is 6.65. The van der Waals surface area contributed by atoms with Gasteiger partial charge in [-0.3, -0.25) is 10.2 Å². The Balaban J connectivity index is 1.72. The van der Waals surface area contributed by atoms with Gasteiger partial charge in [0.05, 0.1) is 6.26 Å². The second-order valence-corrected chi connectivity index (χ2v) is 5.50. The van der Waals surface area contributed by atoms with Gasteiger partial charge in [-0.1, -0.05) is 42.1 Å². The number of benzene rings is 1. The maximum Gasteiger partial charge on any atom is 0.305 e. The number of thioether (sulfide) groups is 1. The Labute approximate surface area is 131 Å². The topological polar surface area (TPSA) is 73.0 Å². The third-order valence-electron chi connectivity index (χ3n) is 2.96. The van der Waals surface area contributed by atoms with Crippen molar-refractivity contribution in [3.63, 3.8) is 0 Å². The Hall–Kier alpha value is -2.54. The first-order valence-corrected chi connectivity index (χ1v) is 7.66. The van der Waals surface area contributed by atoms with E-state index in [1.165, 1.54) is 23.6 Å². The lowest BCUT2D eigenvalue weighted by molar-refractivity contribution is 0.0979. The number of hydrogen-bond acceptors (Lipinski definition) is 5. The lowest BCUT2D eigenvalue weighted by Gasteiger charge is -2.08.